The van der Waals surface area contributed by atoms with Gasteiger partial charge in [-0.1, -0.05) is 30.3 Å². The molecule has 3 N–H and O–H groups in total. The van der Waals surface area contributed by atoms with Crippen molar-refractivity contribution in [3.05, 3.63) is 77.5 Å². The van der Waals surface area contributed by atoms with Gasteiger partial charge < -0.3 is 15.2 Å². The fourth-order valence-electron chi connectivity index (χ4n) is 3.56. The van der Waals surface area contributed by atoms with E-state index in [-0.39, 0.29) is 5.91 Å². The molecule has 0 fully saturated rings. The van der Waals surface area contributed by atoms with E-state index in [0.717, 1.165) is 50.5 Å². The van der Waals surface area contributed by atoms with Gasteiger partial charge in [0.05, 0.1) is 13.1 Å². The lowest BCUT2D eigenvalue weighted by Gasteiger charge is -2.24. The van der Waals surface area contributed by atoms with Crippen molar-refractivity contribution in [3.63, 3.8) is 0 Å². The molecule has 5 nitrogen and oxygen atoms in total. The standard InChI is InChI=1S/C23H30N4O/c1-3-27(4-2)22-12-10-20(11-13-22)23(28)25-24-21-14-16-26(17-15-21)18-19-8-6-5-7-9-19/h5-14,24H,3-4,15-18H2,1-2H3,(H,25,28)/p+1. The van der Waals surface area contributed by atoms with Gasteiger partial charge in [-0.05, 0) is 44.2 Å². The summed E-state index contributed by atoms with van der Waals surface area (Å²) in [6.45, 7) is 9.25. The van der Waals surface area contributed by atoms with Gasteiger partial charge in [0, 0.05) is 42.0 Å². The van der Waals surface area contributed by atoms with Gasteiger partial charge in [0.25, 0.3) is 5.91 Å². The Kier molecular flexibility index (Phi) is 7.09. The van der Waals surface area contributed by atoms with Crippen LogP contribution in [0.3, 0.4) is 0 Å². The zero-order valence-electron chi connectivity index (χ0n) is 16.9. The number of hydrogen-bond donors (Lipinski definition) is 3. The minimum atomic E-state index is -0.106. The topological polar surface area (TPSA) is 48.8 Å². The molecule has 2 aromatic rings. The van der Waals surface area contributed by atoms with Crippen LogP contribution in [0.25, 0.3) is 0 Å². The SMILES string of the molecule is CCN(CC)c1ccc(C(=O)NNC2=CC[NH+](Cc3ccccc3)CC2)cc1. The Bertz CT molecular complexity index is 782. The number of benzene rings is 2. The van der Waals surface area contributed by atoms with Crippen LogP contribution in [-0.4, -0.2) is 32.1 Å². The molecular formula is C23H31N4O+. The van der Waals surface area contributed by atoms with Gasteiger partial charge in [-0.2, -0.15) is 0 Å². The minimum absolute atomic E-state index is 0.106. The summed E-state index contributed by atoms with van der Waals surface area (Å²) in [5.74, 6) is -0.106. The molecule has 0 aromatic heterocycles. The van der Waals surface area contributed by atoms with Crippen LogP contribution in [0.4, 0.5) is 5.69 Å². The number of hydrazine groups is 1. The molecule has 5 heteroatoms. The predicted molar refractivity (Wildman–Crippen MR) is 114 cm³/mol. The van der Waals surface area contributed by atoms with Crippen LogP contribution in [-0.2, 0) is 6.54 Å². The summed E-state index contributed by atoms with van der Waals surface area (Å²) in [5.41, 5.74) is 10.2. The Hall–Kier alpha value is -2.79. The van der Waals surface area contributed by atoms with E-state index in [4.69, 9.17) is 0 Å². The van der Waals surface area contributed by atoms with Crippen molar-refractivity contribution in [2.24, 2.45) is 0 Å². The molecule has 0 saturated carbocycles. The molecule has 148 valence electrons. The second-order valence-electron chi connectivity index (χ2n) is 7.14. The molecule has 1 atom stereocenters. The van der Waals surface area contributed by atoms with Gasteiger partial charge in [-0.3, -0.25) is 10.2 Å². The zero-order valence-corrected chi connectivity index (χ0v) is 16.9. The van der Waals surface area contributed by atoms with Gasteiger partial charge >= 0.3 is 0 Å². The second-order valence-corrected chi connectivity index (χ2v) is 7.14. The first kappa shape index (κ1) is 20.0. The van der Waals surface area contributed by atoms with E-state index < -0.39 is 0 Å². The van der Waals surface area contributed by atoms with Gasteiger partial charge in [0.2, 0.25) is 0 Å². The van der Waals surface area contributed by atoms with E-state index >= 15 is 0 Å². The van der Waals surface area contributed by atoms with Crippen molar-refractivity contribution in [1.29, 1.82) is 0 Å². The van der Waals surface area contributed by atoms with E-state index in [2.05, 4.69) is 66.0 Å². The number of nitrogens with one attached hydrogen (secondary N) is 3. The average Bonchev–Trinajstić information content (AvgIpc) is 2.75. The molecule has 1 aliphatic heterocycles. The average molecular weight is 380 g/mol. The fraction of sp³-hybridized carbons (Fsp3) is 0.348. The van der Waals surface area contributed by atoms with Crippen molar-refractivity contribution in [2.75, 3.05) is 31.1 Å². The van der Waals surface area contributed by atoms with Crippen LogP contribution in [0.5, 0.6) is 0 Å². The molecule has 0 spiro atoms. The predicted octanol–water partition coefficient (Wildman–Crippen LogP) is 2.14. The van der Waals surface area contributed by atoms with Crippen LogP contribution in [0.15, 0.2) is 66.4 Å². The van der Waals surface area contributed by atoms with Crippen LogP contribution < -0.4 is 20.7 Å². The maximum absolute atomic E-state index is 12.4. The highest BCUT2D eigenvalue weighted by molar-refractivity contribution is 5.94. The van der Waals surface area contributed by atoms with Crippen LogP contribution in [0.2, 0.25) is 0 Å². The maximum Gasteiger partial charge on any atom is 0.269 e. The summed E-state index contributed by atoms with van der Waals surface area (Å²) in [6, 6.07) is 18.4. The normalized spacial score (nSPS) is 16.2. The zero-order chi connectivity index (χ0) is 19.8. The highest BCUT2D eigenvalue weighted by Crippen LogP contribution is 2.14. The summed E-state index contributed by atoms with van der Waals surface area (Å²) in [5, 5.41) is 0. The van der Waals surface area contributed by atoms with Gasteiger partial charge in [-0.15, -0.1) is 0 Å². The molecule has 28 heavy (non-hydrogen) atoms. The van der Waals surface area contributed by atoms with Crippen LogP contribution in [0.1, 0.15) is 36.2 Å². The molecule has 0 aliphatic carbocycles. The van der Waals surface area contributed by atoms with Crippen molar-refractivity contribution in [1.82, 2.24) is 10.9 Å². The van der Waals surface area contributed by atoms with Crippen LogP contribution >= 0.6 is 0 Å². The molecule has 3 rings (SSSR count). The highest BCUT2D eigenvalue weighted by atomic mass is 16.2. The van der Waals surface area contributed by atoms with Crippen LogP contribution in [0, 0.1) is 0 Å². The Morgan fingerprint density at radius 1 is 1.04 bits per heavy atom. The third kappa shape index (κ3) is 5.36. The van der Waals surface area contributed by atoms with E-state index in [1.165, 1.54) is 10.5 Å². The van der Waals surface area contributed by atoms with Crippen molar-refractivity contribution >= 4 is 11.6 Å². The van der Waals surface area contributed by atoms with Gasteiger partial charge in [0.15, 0.2) is 0 Å². The first-order valence-corrected chi connectivity index (χ1v) is 10.2. The molecule has 1 unspecified atom stereocenters. The monoisotopic (exact) mass is 379 g/mol. The van der Waals surface area contributed by atoms with Crippen molar-refractivity contribution in [3.8, 4) is 0 Å². The summed E-state index contributed by atoms with van der Waals surface area (Å²) >= 11 is 0. The molecule has 0 bridgehead atoms. The minimum Gasteiger partial charge on any atom is -0.372 e. The summed E-state index contributed by atoms with van der Waals surface area (Å²) in [4.78, 5) is 16.2. The van der Waals surface area contributed by atoms with E-state index in [1.54, 1.807) is 0 Å². The lowest BCUT2D eigenvalue weighted by atomic mass is 10.1. The molecule has 0 saturated heterocycles. The molecule has 1 amide bonds. The third-order valence-electron chi connectivity index (χ3n) is 5.28. The van der Waals surface area contributed by atoms with Gasteiger partial charge in [-0.25, -0.2) is 0 Å². The smallest absolute Gasteiger partial charge is 0.269 e. The third-order valence-corrected chi connectivity index (χ3v) is 5.28. The fourth-order valence-corrected chi connectivity index (χ4v) is 3.56. The largest absolute Gasteiger partial charge is 0.372 e. The Morgan fingerprint density at radius 2 is 1.75 bits per heavy atom. The number of carbonyl (C=O) groups excluding carboxylic acids is 1. The number of anilines is 1. The Balaban J connectivity index is 1.47. The van der Waals surface area contributed by atoms with Crippen molar-refractivity contribution < 1.29 is 9.69 Å². The number of amides is 1. The number of carbonyl (C=O) groups is 1. The second kappa shape index (κ2) is 9.95. The quantitative estimate of drug-likeness (QED) is 0.616. The Labute approximate surface area is 168 Å². The summed E-state index contributed by atoms with van der Waals surface area (Å²) in [6.07, 6.45) is 3.12. The number of rotatable bonds is 8. The summed E-state index contributed by atoms with van der Waals surface area (Å²) in [7, 11) is 0. The van der Waals surface area contributed by atoms with Crippen molar-refractivity contribution in [2.45, 2.75) is 26.8 Å². The van der Waals surface area contributed by atoms with E-state index in [0.29, 0.717) is 5.56 Å². The number of hydrogen-bond acceptors (Lipinski definition) is 3. The van der Waals surface area contributed by atoms with E-state index in [9.17, 15) is 4.79 Å². The molecule has 1 aliphatic rings. The molecule has 1 heterocycles. The molecular weight excluding hydrogens is 348 g/mol. The number of nitrogens with zero attached hydrogens (tertiary/aromatic N) is 1. The number of quaternary nitrogens is 1. The summed E-state index contributed by atoms with van der Waals surface area (Å²) < 4.78 is 0. The first-order valence-electron chi connectivity index (χ1n) is 10.2. The van der Waals surface area contributed by atoms with Gasteiger partial charge in [0.1, 0.15) is 6.54 Å². The maximum atomic E-state index is 12.4. The molecule has 0 radical (unpaired) electrons. The lowest BCUT2D eigenvalue weighted by molar-refractivity contribution is -0.909. The van der Waals surface area contributed by atoms with E-state index in [1.807, 2.05) is 24.3 Å². The Morgan fingerprint density at radius 3 is 2.36 bits per heavy atom. The molecule has 2 aromatic carbocycles. The lowest BCUT2D eigenvalue weighted by Crippen LogP contribution is -3.11. The highest BCUT2D eigenvalue weighted by Gasteiger charge is 2.16. The first-order chi connectivity index (χ1) is 13.7.